The number of carbonyl (C=O) groups excluding carboxylic acids is 1. The minimum absolute atomic E-state index is 0.0867. The van der Waals surface area contributed by atoms with Gasteiger partial charge >= 0.3 is 0 Å². The Kier molecular flexibility index (Phi) is 2.66. The van der Waals surface area contributed by atoms with Crippen LogP contribution < -0.4 is 16.5 Å². The third-order valence-electron chi connectivity index (χ3n) is 0.887. The average Bonchev–Trinajstić information content (AvgIpc) is 2.31. The SMILES string of the molecule is NC(=S)NN=C1CSC(=O)N1. The summed E-state index contributed by atoms with van der Waals surface area (Å²) in [6, 6.07) is 0. The van der Waals surface area contributed by atoms with Gasteiger partial charge in [-0.05, 0) is 12.2 Å². The predicted octanol–water partition coefficient (Wildman–Crippen LogP) is -0.410. The number of carbonyl (C=O) groups is 1. The molecule has 0 atom stereocenters. The Morgan fingerprint density at radius 1 is 1.91 bits per heavy atom. The van der Waals surface area contributed by atoms with E-state index in [9.17, 15) is 4.79 Å². The molecule has 0 radical (unpaired) electrons. The van der Waals surface area contributed by atoms with Gasteiger partial charge in [0.05, 0.1) is 5.75 Å². The Morgan fingerprint density at radius 3 is 3.09 bits per heavy atom. The summed E-state index contributed by atoms with van der Waals surface area (Å²) >= 11 is 5.65. The summed E-state index contributed by atoms with van der Waals surface area (Å²) in [5, 5.41) is 6.21. The summed E-state index contributed by atoms with van der Waals surface area (Å²) in [5.74, 6) is 1.09. The van der Waals surface area contributed by atoms with Crippen LogP contribution in [0.2, 0.25) is 0 Å². The van der Waals surface area contributed by atoms with E-state index in [0.717, 1.165) is 11.8 Å². The quantitative estimate of drug-likeness (QED) is 0.387. The van der Waals surface area contributed by atoms with Gasteiger partial charge in [0.15, 0.2) is 5.11 Å². The van der Waals surface area contributed by atoms with Gasteiger partial charge in [0.2, 0.25) is 0 Å². The van der Waals surface area contributed by atoms with Gasteiger partial charge in [-0.2, -0.15) is 5.10 Å². The van der Waals surface area contributed by atoms with Gasteiger partial charge in [0.25, 0.3) is 5.24 Å². The van der Waals surface area contributed by atoms with Crippen molar-refractivity contribution in [1.29, 1.82) is 0 Å². The van der Waals surface area contributed by atoms with E-state index in [4.69, 9.17) is 5.73 Å². The standard InChI is InChI=1S/C4H6N4OS2/c5-3(10)8-7-2-1-11-4(9)6-2/h1H2,(H3,5,8,10)(H,6,7,9). The van der Waals surface area contributed by atoms with Crippen LogP contribution in [0.3, 0.4) is 0 Å². The first-order valence-electron chi connectivity index (χ1n) is 2.74. The van der Waals surface area contributed by atoms with Crippen molar-refractivity contribution < 1.29 is 4.79 Å². The highest BCUT2D eigenvalue weighted by Gasteiger charge is 2.15. The average molecular weight is 190 g/mol. The first kappa shape index (κ1) is 8.28. The molecule has 11 heavy (non-hydrogen) atoms. The number of hydrazone groups is 1. The summed E-state index contributed by atoms with van der Waals surface area (Å²) in [7, 11) is 0. The Balaban J connectivity index is 2.42. The zero-order valence-corrected chi connectivity index (χ0v) is 7.09. The van der Waals surface area contributed by atoms with Crippen LogP contribution in [0.5, 0.6) is 0 Å². The van der Waals surface area contributed by atoms with Crippen LogP contribution in [0.4, 0.5) is 4.79 Å². The van der Waals surface area contributed by atoms with Gasteiger partial charge in [0.1, 0.15) is 5.84 Å². The molecule has 7 heteroatoms. The number of rotatable bonds is 1. The number of thioether (sulfide) groups is 1. The molecular formula is C4H6N4OS2. The van der Waals surface area contributed by atoms with E-state index in [-0.39, 0.29) is 10.4 Å². The monoisotopic (exact) mass is 190 g/mol. The maximum absolute atomic E-state index is 10.6. The molecule has 1 heterocycles. The lowest BCUT2D eigenvalue weighted by Crippen LogP contribution is -2.29. The molecule has 1 aliphatic rings. The second-order valence-corrected chi connectivity index (χ2v) is 3.12. The van der Waals surface area contributed by atoms with E-state index < -0.39 is 0 Å². The summed E-state index contributed by atoms with van der Waals surface area (Å²) in [6.45, 7) is 0. The van der Waals surface area contributed by atoms with Crippen molar-refractivity contribution in [2.45, 2.75) is 0 Å². The van der Waals surface area contributed by atoms with Gasteiger partial charge in [-0.15, -0.1) is 0 Å². The van der Waals surface area contributed by atoms with Crippen LogP contribution >= 0.6 is 24.0 Å². The molecule has 0 aliphatic carbocycles. The topological polar surface area (TPSA) is 79.5 Å². The molecular weight excluding hydrogens is 184 g/mol. The summed E-state index contributed by atoms with van der Waals surface area (Å²) < 4.78 is 0. The van der Waals surface area contributed by atoms with Crippen molar-refractivity contribution in [3.8, 4) is 0 Å². The molecule has 0 spiro atoms. The van der Waals surface area contributed by atoms with Crippen LogP contribution in [-0.4, -0.2) is 21.9 Å². The Bertz CT molecular complexity index is 226. The number of nitrogens with one attached hydrogen (secondary N) is 2. The minimum atomic E-state index is -0.103. The molecule has 60 valence electrons. The molecule has 1 saturated heterocycles. The molecule has 1 aliphatic heterocycles. The molecule has 0 bridgehead atoms. The summed E-state index contributed by atoms with van der Waals surface area (Å²) in [5.41, 5.74) is 7.48. The summed E-state index contributed by atoms with van der Waals surface area (Å²) in [6.07, 6.45) is 0. The number of nitrogens with two attached hydrogens (primary N) is 1. The number of amidine groups is 1. The molecule has 4 N–H and O–H groups in total. The van der Waals surface area contributed by atoms with Crippen LogP contribution in [-0.2, 0) is 0 Å². The molecule has 0 aromatic heterocycles. The zero-order chi connectivity index (χ0) is 8.27. The van der Waals surface area contributed by atoms with E-state index in [0.29, 0.717) is 11.6 Å². The fourth-order valence-electron chi connectivity index (χ4n) is 0.507. The number of nitrogens with zero attached hydrogens (tertiary/aromatic N) is 1. The Hall–Kier alpha value is -0.820. The highest BCUT2D eigenvalue weighted by atomic mass is 32.2. The van der Waals surface area contributed by atoms with E-state index in [1.807, 2.05) is 0 Å². The lowest BCUT2D eigenvalue weighted by molar-refractivity contribution is 0.265. The Labute approximate surface area is 72.8 Å². The highest BCUT2D eigenvalue weighted by molar-refractivity contribution is 8.14. The second kappa shape index (κ2) is 3.54. The maximum Gasteiger partial charge on any atom is 0.284 e. The highest BCUT2D eigenvalue weighted by Crippen LogP contribution is 2.07. The first-order chi connectivity index (χ1) is 5.18. The third kappa shape index (κ3) is 2.72. The van der Waals surface area contributed by atoms with Gasteiger partial charge in [0, 0.05) is 0 Å². The molecule has 1 amide bonds. The van der Waals surface area contributed by atoms with Crippen molar-refractivity contribution >= 4 is 40.2 Å². The largest absolute Gasteiger partial charge is 0.375 e. The Morgan fingerprint density at radius 2 is 2.64 bits per heavy atom. The fraction of sp³-hybridized carbons (Fsp3) is 0.250. The fourth-order valence-corrected chi connectivity index (χ4v) is 1.15. The molecule has 0 unspecified atom stereocenters. The van der Waals surface area contributed by atoms with Crippen molar-refractivity contribution in [2.75, 3.05) is 5.75 Å². The van der Waals surface area contributed by atoms with Gasteiger partial charge in [-0.3, -0.25) is 10.2 Å². The lowest BCUT2D eigenvalue weighted by atomic mass is 10.7. The number of hydrogen-bond donors (Lipinski definition) is 3. The van der Waals surface area contributed by atoms with Gasteiger partial charge in [-0.25, -0.2) is 0 Å². The summed E-state index contributed by atoms with van der Waals surface area (Å²) in [4.78, 5) is 10.6. The molecule has 0 aromatic carbocycles. The minimum Gasteiger partial charge on any atom is -0.375 e. The van der Waals surface area contributed by atoms with E-state index in [1.165, 1.54) is 0 Å². The van der Waals surface area contributed by atoms with E-state index in [2.05, 4.69) is 28.1 Å². The maximum atomic E-state index is 10.6. The molecule has 0 saturated carbocycles. The predicted molar refractivity (Wildman–Crippen MR) is 48.3 cm³/mol. The van der Waals surface area contributed by atoms with Crippen molar-refractivity contribution in [3.05, 3.63) is 0 Å². The smallest absolute Gasteiger partial charge is 0.284 e. The van der Waals surface area contributed by atoms with Crippen molar-refractivity contribution in [2.24, 2.45) is 10.8 Å². The van der Waals surface area contributed by atoms with Gasteiger partial charge in [-0.1, -0.05) is 11.8 Å². The van der Waals surface area contributed by atoms with E-state index >= 15 is 0 Å². The zero-order valence-electron chi connectivity index (χ0n) is 5.46. The second-order valence-electron chi connectivity index (χ2n) is 1.74. The van der Waals surface area contributed by atoms with E-state index in [1.54, 1.807) is 0 Å². The van der Waals surface area contributed by atoms with Crippen LogP contribution in [0.15, 0.2) is 5.10 Å². The van der Waals surface area contributed by atoms with Crippen LogP contribution in [0.25, 0.3) is 0 Å². The van der Waals surface area contributed by atoms with Crippen molar-refractivity contribution in [1.82, 2.24) is 10.7 Å². The molecule has 0 aromatic rings. The van der Waals surface area contributed by atoms with Crippen molar-refractivity contribution in [3.63, 3.8) is 0 Å². The normalized spacial score (nSPS) is 20.0. The third-order valence-corrected chi connectivity index (χ3v) is 1.76. The number of amides is 1. The molecule has 1 rings (SSSR count). The number of hydrogen-bond acceptors (Lipinski definition) is 4. The number of thiocarbonyl (C=S) groups is 1. The van der Waals surface area contributed by atoms with Gasteiger partial charge < -0.3 is 11.1 Å². The first-order valence-corrected chi connectivity index (χ1v) is 4.13. The van der Waals surface area contributed by atoms with Crippen LogP contribution in [0.1, 0.15) is 0 Å². The molecule has 5 nitrogen and oxygen atoms in total. The van der Waals surface area contributed by atoms with Crippen LogP contribution in [0, 0.1) is 0 Å². The molecule has 1 fully saturated rings. The lowest BCUT2D eigenvalue weighted by Gasteiger charge is -1.96.